The van der Waals surface area contributed by atoms with Gasteiger partial charge in [0.25, 0.3) is 0 Å². The highest BCUT2D eigenvalue weighted by Gasteiger charge is 2.08. The molecular weight excluding hydrogens is 174 g/mol. The molecule has 1 aromatic rings. The Balaban J connectivity index is 2.93. The first-order valence-corrected chi connectivity index (χ1v) is 4.43. The molecule has 64 valence electrons. The highest BCUT2D eigenvalue weighted by atomic mass is 35.5. The van der Waals surface area contributed by atoms with E-state index in [4.69, 9.17) is 21.3 Å². The summed E-state index contributed by atoms with van der Waals surface area (Å²) in [6.45, 7) is 2.06. The summed E-state index contributed by atoms with van der Waals surface area (Å²) in [7, 11) is 0. The summed E-state index contributed by atoms with van der Waals surface area (Å²) in [4.78, 5) is 0. The molecule has 0 radical (unpaired) electrons. The van der Waals surface area contributed by atoms with Crippen LogP contribution in [0.4, 0.5) is 0 Å². The first-order chi connectivity index (χ1) is 5.81. The maximum Gasteiger partial charge on any atom is 0.203 e. The summed E-state index contributed by atoms with van der Waals surface area (Å²) in [5.74, 6) is 1.62. The van der Waals surface area contributed by atoms with E-state index in [1.54, 1.807) is 6.07 Å². The van der Waals surface area contributed by atoms with E-state index in [0.717, 1.165) is 24.2 Å². The molecule has 0 aliphatic rings. The number of alkyl halides is 1. The monoisotopic (exact) mass is 183 g/mol. The van der Waals surface area contributed by atoms with Gasteiger partial charge in [-0.2, -0.15) is 5.26 Å². The summed E-state index contributed by atoms with van der Waals surface area (Å²) in [5, 5.41) is 8.55. The second kappa shape index (κ2) is 4.18. The fourth-order valence-electron chi connectivity index (χ4n) is 1.07. The van der Waals surface area contributed by atoms with Gasteiger partial charge in [-0.15, -0.1) is 11.6 Å². The molecule has 0 bridgehead atoms. The third-order valence-corrected chi connectivity index (χ3v) is 1.92. The van der Waals surface area contributed by atoms with Gasteiger partial charge >= 0.3 is 0 Å². The minimum absolute atomic E-state index is 0.356. The number of aryl methyl sites for hydroxylation is 1. The Bertz CT molecular complexity index is 298. The van der Waals surface area contributed by atoms with E-state index >= 15 is 0 Å². The van der Waals surface area contributed by atoms with E-state index in [1.807, 2.05) is 6.07 Å². The van der Waals surface area contributed by atoms with Crippen molar-refractivity contribution < 1.29 is 4.42 Å². The molecular formula is C9H10ClNO. The zero-order chi connectivity index (χ0) is 8.97. The topological polar surface area (TPSA) is 36.9 Å². The summed E-state index contributed by atoms with van der Waals surface area (Å²) in [6, 6.07) is 3.66. The van der Waals surface area contributed by atoms with Crippen LogP contribution in [0.3, 0.4) is 0 Å². The highest BCUT2D eigenvalue weighted by Crippen LogP contribution is 2.18. The third-order valence-electron chi connectivity index (χ3n) is 1.63. The van der Waals surface area contributed by atoms with E-state index < -0.39 is 0 Å². The second-order valence-corrected chi connectivity index (χ2v) is 2.82. The number of nitrogens with zero attached hydrogens (tertiary/aromatic N) is 1. The average Bonchev–Trinajstić information content (AvgIpc) is 2.48. The number of hydrogen-bond donors (Lipinski definition) is 0. The standard InChI is InChI=1S/C9H10ClNO/c1-2-3-9-7(5-10)4-8(6-11)12-9/h4H,2-3,5H2,1H3. The van der Waals surface area contributed by atoms with E-state index in [9.17, 15) is 0 Å². The fraction of sp³-hybridized carbons (Fsp3) is 0.444. The molecule has 0 atom stereocenters. The van der Waals surface area contributed by atoms with Crippen LogP contribution >= 0.6 is 11.6 Å². The van der Waals surface area contributed by atoms with Gasteiger partial charge in [0.05, 0.1) is 5.88 Å². The normalized spacial score (nSPS) is 9.75. The maximum atomic E-state index is 8.55. The zero-order valence-electron chi connectivity index (χ0n) is 6.93. The molecule has 3 heteroatoms. The van der Waals surface area contributed by atoms with E-state index in [0.29, 0.717) is 11.6 Å². The molecule has 0 saturated heterocycles. The Labute approximate surface area is 76.7 Å². The van der Waals surface area contributed by atoms with Crippen molar-refractivity contribution >= 4 is 11.6 Å². The number of furan rings is 1. The number of rotatable bonds is 3. The van der Waals surface area contributed by atoms with Gasteiger partial charge in [-0.25, -0.2) is 0 Å². The maximum absolute atomic E-state index is 8.55. The van der Waals surface area contributed by atoms with Crippen LogP contribution in [0.25, 0.3) is 0 Å². The van der Waals surface area contributed by atoms with E-state index in [1.165, 1.54) is 0 Å². The largest absolute Gasteiger partial charge is 0.450 e. The summed E-state index contributed by atoms with van der Waals surface area (Å²) in [5.41, 5.74) is 0.940. The van der Waals surface area contributed by atoms with Crippen LogP contribution in [0.15, 0.2) is 10.5 Å². The quantitative estimate of drug-likeness (QED) is 0.676. The summed E-state index contributed by atoms with van der Waals surface area (Å²) in [6.07, 6.45) is 1.85. The van der Waals surface area contributed by atoms with Gasteiger partial charge in [0, 0.05) is 12.0 Å². The van der Waals surface area contributed by atoms with Crippen LogP contribution in [-0.4, -0.2) is 0 Å². The van der Waals surface area contributed by atoms with Crippen molar-refractivity contribution in [2.24, 2.45) is 0 Å². The zero-order valence-corrected chi connectivity index (χ0v) is 7.69. The molecule has 0 spiro atoms. The Morgan fingerprint density at radius 3 is 2.92 bits per heavy atom. The van der Waals surface area contributed by atoms with Gasteiger partial charge < -0.3 is 4.42 Å². The Kier molecular flexibility index (Phi) is 3.19. The molecule has 0 fully saturated rings. The Morgan fingerprint density at radius 2 is 2.42 bits per heavy atom. The number of nitriles is 1. The van der Waals surface area contributed by atoms with Gasteiger partial charge in [-0.3, -0.25) is 0 Å². The van der Waals surface area contributed by atoms with Crippen molar-refractivity contribution in [1.82, 2.24) is 0 Å². The van der Waals surface area contributed by atoms with Crippen LogP contribution in [0.2, 0.25) is 0 Å². The van der Waals surface area contributed by atoms with Crippen LogP contribution in [0.5, 0.6) is 0 Å². The molecule has 0 unspecified atom stereocenters. The van der Waals surface area contributed by atoms with Crippen molar-refractivity contribution in [3.05, 3.63) is 23.2 Å². The van der Waals surface area contributed by atoms with Gasteiger partial charge in [-0.1, -0.05) is 6.92 Å². The van der Waals surface area contributed by atoms with Crippen molar-refractivity contribution in [3.8, 4) is 6.07 Å². The fourth-order valence-corrected chi connectivity index (χ4v) is 1.30. The molecule has 0 aliphatic carbocycles. The number of hydrogen-bond acceptors (Lipinski definition) is 2. The SMILES string of the molecule is CCCc1oc(C#N)cc1CCl. The third kappa shape index (κ3) is 1.80. The van der Waals surface area contributed by atoms with E-state index in [-0.39, 0.29) is 0 Å². The molecule has 1 aromatic heterocycles. The molecule has 12 heavy (non-hydrogen) atoms. The Hall–Kier alpha value is -0.940. The first-order valence-electron chi connectivity index (χ1n) is 3.89. The van der Waals surface area contributed by atoms with Crippen LogP contribution in [0, 0.1) is 11.3 Å². The molecule has 1 heterocycles. The second-order valence-electron chi connectivity index (χ2n) is 2.55. The van der Waals surface area contributed by atoms with Crippen molar-refractivity contribution in [2.75, 3.05) is 0 Å². The predicted octanol–water partition coefficient (Wildman–Crippen LogP) is 2.84. The van der Waals surface area contributed by atoms with Crippen LogP contribution in [-0.2, 0) is 12.3 Å². The Morgan fingerprint density at radius 1 is 1.67 bits per heavy atom. The molecule has 0 aromatic carbocycles. The van der Waals surface area contributed by atoms with Gasteiger partial charge in [0.15, 0.2) is 0 Å². The van der Waals surface area contributed by atoms with Gasteiger partial charge in [0.2, 0.25) is 5.76 Å². The highest BCUT2D eigenvalue weighted by molar-refractivity contribution is 6.17. The molecule has 0 N–H and O–H groups in total. The lowest BCUT2D eigenvalue weighted by Gasteiger charge is -1.93. The van der Waals surface area contributed by atoms with Crippen molar-refractivity contribution in [2.45, 2.75) is 25.6 Å². The summed E-state index contributed by atoms with van der Waals surface area (Å²) < 4.78 is 5.25. The van der Waals surface area contributed by atoms with Crippen molar-refractivity contribution in [1.29, 1.82) is 5.26 Å². The lowest BCUT2D eigenvalue weighted by atomic mass is 10.2. The lowest BCUT2D eigenvalue weighted by Crippen LogP contribution is -1.83. The van der Waals surface area contributed by atoms with Gasteiger partial charge in [-0.05, 0) is 12.5 Å². The molecule has 0 saturated carbocycles. The van der Waals surface area contributed by atoms with Crippen LogP contribution < -0.4 is 0 Å². The predicted molar refractivity (Wildman–Crippen MR) is 47.0 cm³/mol. The minimum Gasteiger partial charge on any atom is -0.450 e. The average molecular weight is 184 g/mol. The summed E-state index contributed by atoms with van der Waals surface area (Å²) >= 11 is 5.67. The minimum atomic E-state index is 0.356. The molecule has 0 amide bonds. The molecule has 1 rings (SSSR count). The first kappa shape index (κ1) is 9.15. The van der Waals surface area contributed by atoms with Gasteiger partial charge in [0.1, 0.15) is 11.8 Å². The van der Waals surface area contributed by atoms with E-state index in [2.05, 4.69) is 6.92 Å². The molecule has 2 nitrogen and oxygen atoms in total. The number of halogens is 1. The van der Waals surface area contributed by atoms with Crippen LogP contribution in [0.1, 0.15) is 30.4 Å². The molecule has 0 aliphatic heterocycles. The smallest absolute Gasteiger partial charge is 0.203 e. The van der Waals surface area contributed by atoms with Crippen molar-refractivity contribution in [3.63, 3.8) is 0 Å². The lowest BCUT2D eigenvalue weighted by molar-refractivity contribution is 0.492.